The molecule has 2 atom stereocenters. The van der Waals surface area contributed by atoms with Crippen molar-refractivity contribution in [1.29, 1.82) is 0 Å². The van der Waals surface area contributed by atoms with Crippen molar-refractivity contribution in [2.45, 2.75) is 38.5 Å². The van der Waals surface area contributed by atoms with Crippen molar-refractivity contribution in [2.24, 2.45) is 0 Å². The molecule has 0 saturated carbocycles. The van der Waals surface area contributed by atoms with Crippen molar-refractivity contribution in [1.82, 2.24) is 15.2 Å². The molecule has 2 unspecified atom stereocenters. The van der Waals surface area contributed by atoms with Crippen molar-refractivity contribution in [3.8, 4) is 0 Å². The molecule has 104 valence electrons. The maximum Gasteiger partial charge on any atom is 0.0827 e. The van der Waals surface area contributed by atoms with Gasteiger partial charge in [0, 0.05) is 38.1 Å². The number of ether oxygens (including phenoxy) is 1. The van der Waals surface area contributed by atoms with E-state index in [1.54, 1.807) is 0 Å². The summed E-state index contributed by atoms with van der Waals surface area (Å²) in [6.45, 7) is 7.19. The molecule has 3 heterocycles. The molecule has 2 saturated heterocycles. The largest absolute Gasteiger partial charge is 0.374 e. The molecule has 0 bridgehead atoms. The van der Waals surface area contributed by atoms with Crippen molar-refractivity contribution in [3.05, 3.63) is 29.6 Å². The fourth-order valence-corrected chi connectivity index (χ4v) is 3.06. The van der Waals surface area contributed by atoms with E-state index in [1.807, 2.05) is 12.4 Å². The van der Waals surface area contributed by atoms with E-state index in [1.165, 1.54) is 30.5 Å². The molecule has 2 aliphatic rings. The summed E-state index contributed by atoms with van der Waals surface area (Å²) in [7, 11) is 0. The molecular weight excluding hydrogens is 238 g/mol. The molecule has 4 heteroatoms. The summed E-state index contributed by atoms with van der Waals surface area (Å²) in [5.74, 6) is 0. The van der Waals surface area contributed by atoms with Gasteiger partial charge in [-0.15, -0.1) is 0 Å². The summed E-state index contributed by atoms with van der Waals surface area (Å²) in [6.07, 6.45) is 6.78. The molecule has 0 radical (unpaired) electrons. The number of hydrogen-bond donors (Lipinski definition) is 1. The fourth-order valence-electron chi connectivity index (χ4n) is 3.06. The van der Waals surface area contributed by atoms with Crippen LogP contribution in [0.1, 0.15) is 24.0 Å². The van der Waals surface area contributed by atoms with Gasteiger partial charge in [0.25, 0.3) is 0 Å². The molecule has 0 aromatic carbocycles. The van der Waals surface area contributed by atoms with Crippen LogP contribution in [0.15, 0.2) is 18.5 Å². The Kier molecular flexibility index (Phi) is 4.11. The van der Waals surface area contributed by atoms with E-state index in [-0.39, 0.29) is 0 Å². The molecule has 1 N–H and O–H groups in total. The van der Waals surface area contributed by atoms with Crippen LogP contribution in [-0.2, 0) is 11.3 Å². The number of aromatic nitrogens is 1. The third-order valence-corrected chi connectivity index (χ3v) is 4.30. The third kappa shape index (κ3) is 3.14. The standard InChI is InChI=1S/C15H23N3O/c1-12-4-5-16-7-13(12)8-17-9-15-10-18-6-2-3-14(18)11-19-15/h4-5,7,14-15,17H,2-3,6,8-11H2,1H3. The first-order valence-electron chi connectivity index (χ1n) is 7.29. The number of nitrogens with one attached hydrogen (secondary N) is 1. The van der Waals surface area contributed by atoms with E-state index < -0.39 is 0 Å². The SMILES string of the molecule is Cc1ccncc1CNCC1CN2CCCC2CO1. The minimum Gasteiger partial charge on any atom is -0.374 e. The van der Waals surface area contributed by atoms with Gasteiger partial charge >= 0.3 is 0 Å². The topological polar surface area (TPSA) is 37.4 Å². The third-order valence-electron chi connectivity index (χ3n) is 4.30. The van der Waals surface area contributed by atoms with Crippen molar-refractivity contribution in [3.63, 3.8) is 0 Å². The van der Waals surface area contributed by atoms with Crippen LogP contribution in [0.4, 0.5) is 0 Å². The molecule has 4 nitrogen and oxygen atoms in total. The van der Waals surface area contributed by atoms with Crippen LogP contribution in [0.2, 0.25) is 0 Å². The van der Waals surface area contributed by atoms with E-state index in [0.717, 1.165) is 26.2 Å². The highest BCUT2D eigenvalue weighted by atomic mass is 16.5. The van der Waals surface area contributed by atoms with Gasteiger partial charge in [0.2, 0.25) is 0 Å². The van der Waals surface area contributed by atoms with Gasteiger partial charge in [0.05, 0.1) is 12.7 Å². The molecule has 2 aliphatic heterocycles. The highest BCUT2D eigenvalue weighted by molar-refractivity contribution is 5.20. The first kappa shape index (κ1) is 13.0. The van der Waals surface area contributed by atoms with E-state index in [0.29, 0.717) is 12.1 Å². The average Bonchev–Trinajstić information content (AvgIpc) is 2.88. The molecule has 0 amide bonds. The van der Waals surface area contributed by atoms with Crippen LogP contribution in [0.25, 0.3) is 0 Å². The lowest BCUT2D eigenvalue weighted by Gasteiger charge is -2.35. The lowest BCUT2D eigenvalue weighted by atomic mass is 10.1. The minimum atomic E-state index is 0.339. The Hall–Kier alpha value is -0.970. The Morgan fingerprint density at radius 1 is 1.53 bits per heavy atom. The molecule has 1 aromatic heterocycles. The number of aryl methyl sites for hydroxylation is 1. The van der Waals surface area contributed by atoms with Crippen molar-refractivity contribution < 1.29 is 4.74 Å². The molecule has 1 aromatic rings. The maximum absolute atomic E-state index is 5.94. The van der Waals surface area contributed by atoms with Crippen LogP contribution >= 0.6 is 0 Å². The molecule has 0 aliphatic carbocycles. The quantitative estimate of drug-likeness (QED) is 0.887. The summed E-state index contributed by atoms with van der Waals surface area (Å²) < 4.78 is 5.94. The number of nitrogens with zero attached hydrogens (tertiary/aromatic N) is 2. The predicted octanol–water partition coefficient (Wildman–Crippen LogP) is 1.34. The molecule has 2 fully saturated rings. The fraction of sp³-hybridized carbons (Fsp3) is 0.667. The average molecular weight is 261 g/mol. The Labute approximate surface area is 115 Å². The molecule has 19 heavy (non-hydrogen) atoms. The summed E-state index contributed by atoms with van der Waals surface area (Å²) in [5.41, 5.74) is 2.57. The second kappa shape index (κ2) is 5.99. The second-order valence-corrected chi connectivity index (χ2v) is 5.68. The highest BCUT2D eigenvalue weighted by Gasteiger charge is 2.31. The Morgan fingerprint density at radius 2 is 2.47 bits per heavy atom. The number of rotatable bonds is 4. The lowest BCUT2D eigenvalue weighted by Crippen LogP contribution is -2.49. The van der Waals surface area contributed by atoms with Crippen LogP contribution < -0.4 is 5.32 Å². The van der Waals surface area contributed by atoms with Crippen molar-refractivity contribution in [2.75, 3.05) is 26.2 Å². The van der Waals surface area contributed by atoms with Gasteiger partial charge in [0.15, 0.2) is 0 Å². The molecule has 0 spiro atoms. The number of fused-ring (bicyclic) bond motifs is 1. The van der Waals surface area contributed by atoms with Crippen LogP contribution in [0.5, 0.6) is 0 Å². The van der Waals surface area contributed by atoms with E-state index in [2.05, 4.69) is 28.2 Å². The van der Waals surface area contributed by atoms with Gasteiger partial charge in [-0.2, -0.15) is 0 Å². The normalized spacial score (nSPS) is 27.4. The Morgan fingerprint density at radius 3 is 3.37 bits per heavy atom. The Balaban J connectivity index is 1.44. The zero-order valence-electron chi connectivity index (χ0n) is 11.6. The lowest BCUT2D eigenvalue weighted by molar-refractivity contribution is -0.0470. The van der Waals surface area contributed by atoms with Gasteiger partial charge in [-0.25, -0.2) is 0 Å². The second-order valence-electron chi connectivity index (χ2n) is 5.68. The van der Waals surface area contributed by atoms with E-state index in [9.17, 15) is 0 Å². The van der Waals surface area contributed by atoms with Crippen LogP contribution in [-0.4, -0.2) is 48.3 Å². The van der Waals surface area contributed by atoms with Gasteiger partial charge in [0.1, 0.15) is 0 Å². The highest BCUT2D eigenvalue weighted by Crippen LogP contribution is 2.22. The zero-order valence-corrected chi connectivity index (χ0v) is 11.6. The summed E-state index contributed by atoms with van der Waals surface area (Å²) >= 11 is 0. The first-order valence-corrected chi connectivity index (χ1v) is 7.29. The summed E-state index contributed by atoms with van der Waals surface area (Å²) in [4.78, 5) is 6.76. The number of hydrogen-bond acceptors (Lipinski definition) is 4. The number of pyridine rings is 1. The Bertz CT molecular complexity index is 424. The monoisotopic (exact) mass is 261 g/mol. The smallest absolute Gasteiger partial charge is 0.0827 e. The molecule has 3 rings (SSSR count). The minimum absolute atomic E-state index is 0.339. The van der Waals surface area contributed by atoms with E-state index >= 15 is 0 Å². The molecular formula is C15H23N3O. The number of morpholine rings is 1. The maximum atomic E-state index is 5.94. The van der Waals surface area contributed by atoms with Gasteiger partial charge < -0.3 is 10.1 Å². The van der Waals surface area contributed by atoms with Gasteiger partial charge in [-0.1, -0.05) is 0 Å². The van der Waals surface area contributed by atoms with E-state index in [4.69, 9.17) is 4.74 Å². The van der Waals surface area contributed by atoms with Crippen LogP contribution in [0.3, 0.4) is 0 Å². The van der Waals surface area contributed by atoms with Gasteiger partial charge in [-0.05, 0) is 43.5 Å². The zero-order chi connectivity index (χ0) is 13.1. The summed E-state index contributed by atoms with van der Waals surface area (Å²) in [5, 5.41) is 3.50. The predicted molar refractivity (Wildman–Crippen MR) is 75.0 cm³/mol. The van der Waals surface area contributed by atoms with Crippen molar-refractivity contribution >= 4 is 0 Å². The van der Waals surface area contributed by atoms with Gasteiger partial charge in [-0.3, -0.25) is 9.88 Å². The van der Waals surface area contributed by atoms with Crippen LogP contribution in [0, 0.1) is 6.92 Å². The summed E-state index contributed by atoms with van der Waals surface area (Å²) in [6, 6.07) is 2.75. The first-order chi connectivity index (χ1) is 9.33.